The minimum Gasteiger partial charge on any atom is -0.462 e. The molecule has 0 saturated heterocycles. The van der Waals surface area contributed by atoms with E-state index in [0.29, 0.717) is 29.1 Å². The second-order valence-electron chi connectivity index (χ2n) is 12.0. The van der Waals surface area contributed by atoms with Gasteiger partial charge in [0.1, 0.15) is 6.10 Å². The predicted molar refractivity (Wildman–Crippen MR) is 133 cm³/mol. The average molecular weight is 437 g/mol. The lowest BCUT2D eigenvalue weighted by atomic mass is 9.54. The third-order valence-corrected chi connectivity index (χ3v) is 9.76. The lowest BCUT2D eigenvalue weighted by Crippen LogP contribution is -2.41. The fourth-order valence-corrected chi connectivity index (χ4v) is 7.28. The van der Waals surface area contributed by atoms with Crippen LogP contribution in [0, 0.1) is 40.4 Å². The Labute approximate surface area is 196 Å². The van der Waals surface area contributed by atoms with Gasteiger partial charge in [0, 0.05) is 18.8 Å². The van der Waals surface area contributed by atoms with Crippen LogP contribution in [0.5, 0.6) is 0 Å². The standard InChI is InChI=1S/C30H44O2/c1-19(2)20(3)8-9-21(4)26-12-13-27-25-11-10-23-18-24(32-22(5)31)14-16-29(23,6)28(25)15-17-30(26,27)7/h8-11,15,19-21,24,26-27H,12-14,16-18H2,1-7H3/b9-8+/t20-,21+,24+,26+,27+,29+,30-/m0/s1. The van der Waals surface area contributed by atoms with Gasteiger partial charge in [-0.3, -0.25) is 4.79 Å². The summed E-state index contributed by atoms with van der Waals surface area (Å²) >= 11 is 0. The maximum atomic E-state index is 11.5. The molecule has 2 heteroatoms. The van der Waals surface area contributed by atoms with Gasteiger partial charge in [-0.25, -0.2) is 0 Å². The molecule has 0 bridgehead atoms. The van der Waals surface area contributed by atoms with E-state index >= 15 is 0 Å². The molecule has 0 heterocycles. The van der Waals surface area contributed by atoms with Crippen molar-refractivity contribution in [1.82, 2.24) is 0 Å². The number of hydrogen-bond donors (Lipinski definition) is 0. The lowest BCUT2D eigenvalue weighted by Gasteiger charge is -2.50. The normalized spacial score (nSPS) is 38.2. The monoisotopic (exact) mass is 436 g/mol. The molecule has 0 aromatic rings. The van der Waals surface area contributed by atoms with Crippen LogP contribution in [0.3, 0.4) is 0 Å². The fraction of sp³-hybridized carbons (Fsp3) is 0.700. The molecule has 0 N–H and O–H groups in total. The second-order valence-corrected chi connectivity index (χ2v) is 12.0. The van der Waals surface area contributed by atoms with Gasteiger partial charge in [-0.2, -0.15) is 0 Å². The highest BCUT2D eigenvalue weighted by molar-refractivity contribution is 5.66. The van der Waals surface area contributed by atoms with E-state index in [0.717, 1.165) is 25.2 Å². The molecular weight excluding hydrogens is 392 g/mol. The van der Waals surface area contributed by atoms with Crippen LogP contribution >= 0.6 is 0 Å². The van der Waals surface area contributed by atoms with Crippen LogP contribution in [-0.4, -0.2) is 12.1 Å². The SMILES string of the molecule is CC(=O)O[C@@H]1CC[C@]2(C)C(=CC=C3C2=CC[C@]2(C)[C@@H]3CC[C@@H]2[C@H](C)/C=C/[C@H](C)C(C)C)C1. The molecule has 0 radical (unpaired) electrons. The highest BCUT2D eigenvalue weighted by Gasteiger charge is 2.54. The van der Waals surface area contributed by atoms with E-state index in [1.165, 1.54) is 31.8 Å². The predicted octanol–water partition coefficient (Wildman–Crippen LogP) is 7.82. The summed E-state index contributed by atoms with van der Waals surface area (Å²) in [5.74, 6) is 3.25. The summed E-state index contributed by atoms with van der Waals surface area (Å²) in [4.78, 5) is 11.5. The molecule has 7 atom stereocenters. The maximum absolute atomic E-state index is 11.5. The third-order valence-electron chi connectivity index (χ3n) is 9.76. The molecule has 32 heavy (non-hydrogen) atoms. The Morgan fingerprint density at radius 1 is 1.09 bits per heavy atom. The van der Waals surface area contributed by atoms with Crippen molar-refractivity contribution in [2.45, 2.75) is 93.1 Å². The number of rotatable bonds is 5. The van der Waals surface area contributed by atoms with Gasteiger partial charge in [-0.15, -0.1) is 0 Å². The number of hydrogen-bond acceptors (Lipinski definition) is 2. The Kier molecular flexibility index (Phi) is 6.38. The molecule has 0 aromatic carbocycles. The molecule has 176 valence electrons. The highest BCUT2D eigenvalue weighted by Crippen LogP contribution is 2.64. The fourth-order valence-electron chi connectivity index (χ4n) is 7.28. The van der Waals surface area contributed by atoms with Gasteiger partial charge in [-0.05, 0) is 78.3 Å². The van der Waals surface area contributed by atoms with Crippen molar-refractivity contribution in [1.29, 1.82) is 0 Å². The molecule has 0 amide bonds. The van der Waals surface area contributed by atoms with E-state index in [1.807, 2.05) is 0 Å². The summed E-state index contributed by atoms with van der Waals surface area (Å²) in [7, 11) is 0. The molecule has 4 aliphatic carbocycles. The van der Waals surface area contributed by atoms with Crippen molar-refractivity contribution in [3.63, 3.8) is 0 Å². The zero-order chi connectivity index (χ0) is 23.3. The molecule has 0 spiro atoms. The van der Waals surface area contributed by atoms with Gasteiger partial charge in [0.15, 0.2) is 0 Å². The molecule has 2 nitrogen and oxygen atoms in total. The number of fused-ring (bicyclic) bond motifs is 5. The van der Waals surface area contributed by atoms with Gasteiger partial charge >= 0.3 is 5.97 Å². The molecule has 0 aromatic heterocycles. The molecule has 2 saturated carbocycles. The van der Waals surface area contributed by atoms with Crippen LogP contribution < -0.4 is 0 Å². The first kappa shape index (κ1) is 23.6. The zero-order valence-corrected chi connectivity index (χ0v) is 21.4. The van der Waals surface area contributed by atoms with E-state index in [2.05, 4.69) is 71.9 Å². The first-order valence-electron chi connectivity index (χ1n) is 13.0. The lowest BCUT2D eigenvalue weighted by molar-refractivity contribution is -0.147. The van der Waals surface area contributed by atoms with E-state index in [9.17, 15) is 4.79 Å². The van der Waals surface area contributed by atoms with E-state index in [-0.39, 0.29) is 17.5 Å². The molecule has 4 aliphatic rings. The summed E-state index contributed by atoms with van der Waals surface area (Å²) in [6.07, 6.45) is 19.2. The molecule has 0 aliphatic heterocycles. The maximum Gasteiger partial charge on any atom is 0.302 e. The zero-order valence-electron chi connectivity index (χ0n) is 21.4. The highest BCUT2D eigenvalue weighted by atomic mass is 16.5. The van der Waals surface area contributed by atoms with Crippen molar-refractivity contribution < 1.29 is 9.53 Å². The van der Waals surface area contributed by atoms with Crippen LogP contribution in [0.1, 0.15) is 87.0 Å². The van der Waals surface area contributed by atoms with Crippen LogP contribution in [0.4, 0.5) is 0 Å². The molecular formula is C30H44O2. The Bertz CT molecular complexity index is 871. The summed E-state index contributed by atoms with van der Waals surface area (Å²) in [6.45, 7) is 16.0. The Morgan fingerprint density at radius 3 is 2.53 bits per heavy atom. The Balaban J connectivity index is 1.57. The second kappa shape index (κ2) is 8.65. The van der Waals surface area contributed by atoms with Gasteiger partial charge in [0.25, 0.3) is 0 Å². The van der Waals surface area contributed by atoms with Gasteiger partial charge in [0.2, 0.25) is 0 Å². The van der Waals surface area contributed by atoms with Crippen LogP contribution in [0.25, 0.3) is 0 Å². The molecule has 0 unspecified atom stereocenters. The van der Waals surface area contributed by atoms with E-state index in [4.69, 9.17) is 4.74 Å². The van der Waals surface area contributed by atoms with Crippen molar-refractivity contribution in [3.05, 3.63) is 47.1 Å². The number of esters is 1. The van der Waals surface area contributed by atoms with Crippen molar-refractivity contribution in [2.24, 2.45) is 40.4 Å². The summed E-state index contributed by atoms with van der Waals surface area (Å²) < 4.78 is 5.58. The van der Waals surface area contributed by atoms with Crippen LogP contribution in [0.15, 0.2) is 47.1 Å². The van der Waals surface area contributed by atoms with Gasteiger partial charge in [-0.1, -0.05) is 77.5 Å². The van der Waals surface area contributed by atoms with Gasteiger partial charge < -0.3 is 4.74 Å². The first-order chi connectivity index (χ1) is 15.1. The van der Waals surface area contributed by atoms with Crippen LogP contribution in [0.2, 0.25) is 0 Å². The van der Waals surface area contributed by atoms with Crippen molar-refractivity contribution >= 4 is 5.97 Å². The van der Waals surface area contributed by atoms with Crippen molar-refractivity contribution in [3.8, 4) is 0 Å². The van der Waals surface area contributed by atoms with Crippen LogP contribution in [-0.2, 0) is 9.53 Å². The number of ether oxygens (including phenoxy) is 1. The van der Waals surface area contributed by atoms with E-state index in [1.54, 1.807) is 11.1 Å². The minimum absolute atomic E-state index is 0.0490. The van der Waals surface area contributed by atoms with Gasteiger partial charge in [0.05, 0.1) is 0 Å². The average Bonchev–Trinajstić information content (AvgIpc) is 3.08. The Hall–Kier alpha value is -1.57. The van der Waals surface area contributed by atoms with E-state index < -0.39 is 0 Å². The third kappa shape index (κ3) is 3.97. The number of carbonyl (C=O) groups excluding carboxylic acids is 1. The number of carbonyl (C=O) groups is 1. The topological polar surface area (TPSA) is 26.3 Å². The summed E-state index contributed by atoms with van der Waals surface area (Å²) in [5.41, 5.74) is 5.15. The number of allylic oxidation sites excluding steroid dienone is 7. The quantitative estimate of drug-likeness (QED) is 0.324. The summed E-state index contributed by atoms with van der Waals surface area (Å²) in [5, 5.41) is 0. The molecule has 2 fully saturated rings. The largest absolute Gasteiger partial charge is 0.462 e. The van der Waals surface area contributed by atoms with Crippen molar-refractivity contribution in [2.75, 3.05) is 0 Å². The smallest absolute Gasteiger partial charge is 0.302 e. The first-order valence-corrected chi connectivity index (χ1v) is 13.0. The summed E-state index contributed by atoms with van der Waals surface area (Å²) in [6, 6.07) is 0. The molecule has 4 rings (SSSR count). The Morgan fingerprint density at radius 2 is 1.84 bits per heavy atom. The minimum atomic E-state index is -0.151.